The number of ether oxygens (including phenoxy) is 2. The normalized spacial score (nSPS) is 18.9. The Hall–Kier alpha value is -4.19. The second-order valence-electron chi connectivity index (χ2n) is 12.2. The van der Waals surface area contributed by atoms with Gasteiger partial charge in [-0.2, -0.15) is 0 Å². The monoisotopic (exact) mass is 711 g/mol. The molecule has 4 unspecified atom stereocenters. The lowest BCUT2D eigenvalue weighted by atomic mass is 10.1. The highest BCUT2D eigenvalue weighted by molar-refractivity contribution is 7.24. The second kappa shape index (κ2) is 15.6. The minimum Gasteiger partial charge on any atom is -0.453 e. The van der Waals surface area contributed by atoms with Gasteiger partial charge >= 0.3 is 6.09 Å². The number of carbonyl (C=O) groups excluding carboxylic acids is 3. The van der Waals surface area contributed by atoms with Crippen molar-refractivity contribution in [2.45, 2.75) is 63.6 Å². The number of aliphatic hydroxyl groups excluding tert-OH is 1. The molecule has 3 amide bonds. The summed E-state index contributed by atoms with van der Waals surface area (Å²) in [5.41, 5.74) is 1.54. The molecule has 4 atom stereocenters. The fourth-order valence-electron chi connectivity index (χ4n) is 6.38. The molecule has 2 aliphatic rings. The first-order valence-corrected chi connectivity index (χ1v) is 18.0. The first kappa shape index (κ1) is 34.7. The van der Waals surface area contributed by atoms with Gasteiger partial charge in [-0.05, 0) is 32.1 Å². The van der Waals surface area contributed by atoms with Crippen molar-refractivity contribution < 1.29 is 29.0 Å². The lowest BCUT2D eigenvalue weighted by Crippen LogP contribution is -2.49. The van der Waals surface area contributed by atoms with Crippen LogP contribution in [-0.2, 0) is 19.1 Å². The van der Waals surface area contributed by atoms with Crippen molar-refractivity contribution in [2.75, 3.05) is 40.5 Å². The van der Waals surface area contributed by atoms with Crippen molar-refractivity contribution >= 4 is 40.6 Å². The molecule has 0 saturated carbocycles. The van der Waals surface area contributed by atoms with Gasteiger partial charge in [-0.15, -0.1) is 22.7 Å². The maximum absolute atomic E-state index is 13.5. The summed E-state index contributed by atoms with van der Waals surface area (Å²) < 4.78 is 9.88. The SMILES string of the molecule is COCCC(NC(=O)OC)C(=O)N1CCCC1c1ncc(-c2ncc(-c3cnc(-c4cnc(C5CCCN5C(=O)C(C)CCO)[nH]4)s3)s2)[nH]1. The number of nitrogens with zero attached hydrogens (tertiary/aromatic N) is 6. The van der Waals surface area contributed by atoms with E-state index in [1.54, 1.807) is 24.4 Å². The number of amides is 3. The van der Waals surface area contributed by atoms with E-state index in [-0.39, 0.29) is 36.4 Å². The van der Waals surface area contributed by atoms with Gasteiger partial charge in [0.05, 0.1) is 52.7 Å². The molecule has 6 heterocycles. The molecule has 0 aliphatic carbocycles. The van der Waals surface area contributed by atoms with E-state index in [0.717, 1.165) is 62.7 Å². The Labute approximate surface area is 291 Å². The average molecular weight is 712 g/mol. The Morgan fingerprint density at radius 1 is 0.878 bits per heavy atom. The molecule has 0 bridgehead atoms. The van der Waals surface area contributed by atoms with Crippen LogP contribution in [0.3, 0.4) is 0 Å². The molecule has 262 valence electrons. The van der Waals surface area contributed by atoms with Gasteiger partial charge < -0.3 is 39.7 Å². The van der Waals surface area contributed by atoms with E-state index >= 15 is 0 Å². The summed E-state index contributed by atoms with van der Waals surface area (Å²) in [6.45, 7) is 3.40. The minimum atomic E-state index is -0.769. The predicted molar refractivity (Wildman–Crippen MR) is 182 cm³/mol. The number of carbonyl (C=O) groups is 3. The molecule has 2 aliphatic heterocycles. The molecular formula is C32H41N9O6S2. The summed E-state index contributed by atoms with van der Waals surface area (Å²) in [5, 5.41) is 13.5. The number of nitrogens with one attached hydrogen (secondary N) is 3. The van der Waals surface area contributed by atoms with E-state index < -0.39 is 12.1 Å². The van der Waals surface area contributed by atoms with Gasteiger partial charge in [-0.1, -0.05) is 6.92 Å². The van der Waals surface area contributed by atoms with Crippen LogP contribution in [0.1, 0.15) is 69.2 Å². The van der Waals surface area contributed by atoms with Crippen molar-refractivity contribution in [3.63, 3.8) is 0 Å². The highest BCUT2D eigenvalue weighted by Crippen LogP contribution is 2.39. The summed E-state index contributed by atoms with van der Waals surface area (Å²) in [5.74, 6) is 1.02. The predicted octanol–water partition coefficient (Wildman–Crippen LogP) is 4.15. The Morgan fingerprint density at radius 3 is 1.94 bits per heavy atom. The zero-order valence-electron chi connectivity index (χ0n) is 27.7. The molecule has 49 heavy (non-hydrogen) atoms. The van der Waals surface area contributed by atoms with E-state index in [4.69, 9.17) is 9.47 Å². The van der Waals surface area contributed by atoms with Crippen LogP contribution >= 0.6 is 22.7 Å². The van der Waals surface area contributed by atoms with Crippen LogP contribution in [0.4, 0.5) is 4.79 Å². The number of likely N-dealkylation sites (tertiary alicyclic amines) is 2. The fraction of sp³-hybridized carbons (Fsp3) is 0.531. The van der Waals surface area contributed by atoms with Gasteiger partial charge in [0, 0.05) is 58.1 Å². The zero-order chi connectivity index (χ0) is 34.5. The van der Waals surface area contributed by atoms with Crippen molar-refractivity contribution in [3.05, 3.63) is 36.4 Å². The number of alkyl carbamates (subject to hydrolysis) is 1. The summed E-state index contributed by atoms with van der Waals surface area (Å²) in [4.78, 5) is 69.3. The molecule has 4 aromatic rings. The quantitative estimate of drug-likeness (QED) is 0.157. The van der Waals surface area contributed by atoms with Gasteiger partial charge in [0.1, 0.15) is 27.7 Å². The lowest BCUT2D eigenvalue weighted by Gasteiger charge is -2.28. The van der Waals surface area contributed by atoms with Crippen LogP contribution in [0.25, 0.3) is 31.2 Å². The average Bonchev–Trinajstić information content (AvgIpc) is 3.94. The van der Waals surface area contributed by atoms with Gasteiger partial charge in [-0.25, -0.2) is 24.7 Å². The van der Waals surface area contributed by atoms with Crippen LogP contribution in [0, 0.1) is 5.92 Å². The third-order valence-corrected chi connectivity index (χ3v) is 11.2. The highest BCUT2D eigenvalue weighted by Gasteiger charge is 2.37. The molecule has 17 heteroatoms. The number of rotatable bonds is 13. The third kappa shape index (κ3) is 7.54. The first-order valence-electron chi connectivity index (χ1n) is 16.4. The zero-order valence-corrected chi connectivity index (χ0v) is 29.3. The Balaban J connectivity index is 1.13. The van der Waals surface area contributed by atoms with Crippen LogP contribution in [0.2, 0.25) is 0 Å². The smallest absolute Gasteiger partial charge is 0.407 e. The molecular weight excluding hydrogens is 671 g/mol. The number of aromatic nitrogens is 6. The molecule has 2 fully saturated rings. The number of aromatic amines is 2. The molecule has 0 radical (unpaired) electrons. The van der Waals surface area contributed by atoms with Crippen molar-refractivity contribution in [1.29, 1.82) is 0 Å². The Morgan fingerprint density at radius 2 is 1.43 bits per heavy atom. The Kier molecular flexibility index (Phi) is 11.0. The second-order valence-corrected chi connectivity index (χ2v) is 14.2. The number of imidazole rings is 2. The Bertz CT molecular complexity index is 1750. The van der Waals surface area contributed by atoms with Crippen molar-refractivity contribution in [3.8, 4) is 31.2 Å². The summed E-state index contributed by atoms with van der Waals surface area (Å²) in [6, 6.07) is -1.14. The number of thiazole rings is 2. The van der Waals surface area contributed by atoms with E-state index in [9.17, 15) is 19.5 Å². The van der Waals surface area contributed by atoms with E-state index in [1.165, 1.54) is 29.8 Å². The van der Waals surface area contributed by atoms with Crippen molar-refractivity contribution in [2.24, 2.45) is 5.92 Å². The van der Waals surface area contributed by atoms with Crippen LogP contribution < -0.4 is 5.32 Å². The van der Waals surface area contributed by atoms with Crippen molar-refractivity contribution in [1.82, 2.24) is 45.0 Å². The largest absolute Gasteiger partial charge is 0.453 e. The standard InChI is InChI=1S/C32H41N9O6S2/c1-18(8-12-42)30(43)40-10-4-6-22(40)26-33-14-20(37-26)28-35-16-24(48-28)25-17-36-29(49-25)21-15-34-27(38-21)23-7-5-11-41(23)31(44)19(9-13-46-2)39-32(45)47-3/h14-19,22-23,42H,4-13H2,1-3H3,(H,33,37)(H,34,38)(H,39,45). The number of H-pyrrole nitrogens is 2. The third-order valence-electron chi connectivity index (χ3n) is 8.98. The van der Waals surface area contributed by atoms with Gasteiger partial charge in [0.2, 0.25) is 11.8 Å². The van der Waals surface area contributed by atoms with E-state index in [0.29, 0.717) is 38.4 Å². The van der Waals surface area contributed by atoms with Gasteiger partial charge in [0.25, 0.3) is 0 Å². The maximum atomic E-state index is 13.5. The van der Waals surface area contributed by atoms with Crippen LogP contribution in [0.15, 0.2) is 24.8 Å². The molecule has 4 aromatic heterocycles. The van der Waals surface area contributed by atoms with Gasteiger partial charge in [-0.3, -0.25) is 9.59 Å². The molecule has 4 N–H and O–H groups in total. The molecule has 0 spiro atoms. The number of aliphatic hydroxyl groups is 1. The highest BCUT2D eigenvalue weighted by atomic mass is 32.1. The van der Waals surface area contributed by atoms with Crippen LogP contribution in [-0.4, -0.2) is 109 Å². The topological polar surface area (TPSA) is 192 Å². The molecule has 2 saturated heterocycles. The summed E-state index contributed by atoms with van der Waals surface area (Å²) in [6.07, 6.45) is 10.6. The summed E-state index contributed by atoms with van der Waals surface area (Å²) >= 11 is 3.04. The van der Waals surface area contributed by atoms with Gasteiger partial charge in [0.15, 0.2) is 0 Å². The maximum Gasteiger partial charge on any atom is 0.407 e. The number of hydrogen-bond donors (Lipinski definition) is 4. The van der Waals surface area contributed by atoms with E-state index in [2.05, 4.69) is 35.2 Å². The molecule has 0 aromatic carbocycles. The van der Waals surface area contributed by atoms with E-state index in [1.807, 2.05) is 24.2 Å². The number of hydrogen-bond acceptors (Lipinski definition) is 12. The minimum absolute atomic E-state index is 0.0103. The summed E-state index contributed by atoms with van der Waals surface area (Å²) in [7, 11) is 2.82. The molecule has 6 rings (SSSR count). The number of methoxy groups -OCH3 is 2. The first-order chi connectivity index (χ1) is 23.8. The lowest BCUT2D eigenvalue weighted by molar-refractivity contribution is -0.136. The van der Waals surface area contributed by atoms with Crippen LogP contribution in [0.5, 0.6) is 0 Å². The fourth-order valence-corrected chi connectivity index (χ4v) is 8.20. The molecule has 15 nitrogen and oxygen atoms in total.